The number of halogens is 6. The Hall–Kier alpha value is -3.46. The van der Waals surface area contributed by atoms with Crippen LogP contribution in [0.25, 0.3) is 0 Å². The van der Waals surface area contributed by atoms with E-state index in [9.17, 15) is 0 Å². The summed E-state index contributed by atoms with van der Waals surface area (Å²) in [5.41, 5.74) is -1.23. The summed E-state index contributed by atoms with van der Waals surface area (Å²) in [7, 11) is -4.86. The summed E-state index contributed by atoms with van der Waals surface area (Å²) in [5.74, 6) is -3.98. The second-order valence-corrected chi connectivity index (χ2v) is 17.5. The van der Waals surface area contributed by atoms with E-state index in [1.165, 1.54) is 24.3 Å². The smallest absolute Gasteiger partial charge is 0.194 e. The third-order valence-corrected chi connectivity index (χ3v) is 12.9. The van der Waals surface area contributed by atoms with Crippen LogP contribution in [0.4, 0.5) is 26.3 Å². The first-order chi connectivity index (χ1) is 19.1. The molecular weight excluding hydrogens is 574 g/mol. The van der Waals surface area contributed by atoms with Crippen molar-refractivity contribution in [3.05, 3.63) is 127 Å². The Balaban J connectivity index is 1.60. The maximum atomic E-state index is 15.6. The van der Waals surface area contributed by atoms with Crippen molar-refractivity contribution >= 4 is 20.1 Å². The standard InChI is InChI=1S/C33H26F6S2/c1-40(2)25(17-15-23-11-7-5-8-12-23)19-21-27(40)29-30(32(36,37)33(38,39)31(29,34)35)28-22-20-26(41(28,3)4)18-16-24-13-9-6-10-14-24/h5-14,19-22H,1-4H3. The Morgan fingerprint density at radius 2 is 0.829 bits per heavy atom. The quantitative estimate of drug-likeness (QED) is 0.238. The highest BCUT2D eigenvalue weighted by atomic mass is 32.3. The minimum Gasteiger partial charge on any atom is -0.194 e. The van der Waals surface area contributed by atoms with E-state index >= 15 is 26.3 Å². The Kier molecular flexibility index (Phi) is 6.96. The van der Waals surface area contributed by atoms with Gasteiger partial charge in [-0.15, -0.1) is 0 Å². The zero-order valence-electron chi connectivity index (χ0n) is 22.7. The van der Waals surface area contributed by atoms with Crippen LogP contribution in [0.3, 0.4) is 0 Å². The molecule has 5 rings (SSSR count). The van der Waals surface area contributed by atoms with Gasteiger partial charge in [0.25, 0.3) is 0 Å². The average molecular weight is 601 g/mol. The molecule has 0 N–H and O–H groups in total. The molecule has 0 saturated carbocycles. The Bertz CT molecular complexity index is 1570. The highest BCUT2D eigenvalue weighted by molar-refractivity contribution is 8.39. The molecule has 0 radical (unpaired) electrons. The topological polar surface area (TPSA) is 0 Å². The zero-order chi connectivity index (χ0) is 29.8. The summed E-state index contributed by atoms with van der Waals surface area (Å²) in [5, 5.41) is 0. The third kappa shape index (κ3) is 4.49. The van der Waals surface area contributed by atoms with Crippen LogP contribution in [0.5, 0.6) is 0 Å². The lowest BCUT2D eigenvalue weighted by Gasteiger charge is -2.36. The van der Waals surface area contributed by atoms with Gasteiger partial charge in [-0.2, -0.15) is 46.4 Å². The number of rotatable bonds is 2. The van der Waals surface area contributed by atoms with Crippen LogP contribution < -0.4 is 0 Å². The molecule has 3 aliphatic rings. The highest BCUT2D eigenvalue weighted by Crippen LogP contribution is 2.74. The van der Waals surface area contributed by atoms with Gasteiger partial charge in [0.1, 0.15) is 0 Å². The van der Waals surface area contributed by atoms with Crippen molar-refractivity contribution in [2.75, 3.05) is 25.0 Å². The van der Waals surface area contributed by atoms with E-state index in [2.05, 4.69) is 23.7 Å². The molecular formula is C33H26F6S2. The number of alkyl halides is 6. The lowest BCUT2D eigenvalue weighted by molar-refractivity contribution is -0.263. The molecule has 0 amide bonds. The van der Waals surface area contributed by atoms with Gasteiger partial charge in [0.05, 0.1) is 11.1 Å². The van der Waals surface area contributed by atoms with Crippen LogP contribution in [0.1, 0.15) is 11.1 Å². The fourth-order valence-corrected chi connectivity index (χ4v) is 9.13. The first-order valence-corrected chi connectivity index (χ1v) is 17.4. The van der Waals surface area contributed by atoms with Gasteiger partial charge in [-0.25, -0.2) is 0 Å². The lowest BCUT2D eigenvalue weighted by Crippen LogP contribution is -2.49. The summed E-state index contributed by atoms with van der Waals surface area (Å²) >= 11 is 0. The van der Waals surface area contributed by atoms with Gasteiger partial charge in [-0.05, 0) is 73.6 Å². The number of allylic oxidation sites excluding steroid dienone is 8. The van der Waals surface area contributed by atoms with Gasteiger partial charge in [0.2, 0.25) is 0 Å². The van der Waals surface area contributed by atoms with Crippen LogP contribution in [-0.4, -0.2) is 42.8 Å². The normalized spacial score (nSPS) is 24.0. The van der Waals surface area contributed by atoms with Gasteiger partial charge in [-0.3, -0.25) is 0 Å². The van der Waals surface area contributed by atoms with Crippen molar-refractivity contribution in [3.63, 3.8) is 0 Å². The van der Waals surface area contributed by atoms with Crippen molar-refractivity contribution in [2.45, 2.75) is 17.8 Å². The lowest BCUT2D eigenvalue weighted by atomic mass is 10.1. The van der Waals surface area contributed by atoms with Crippen LogP contribution in [-0.2, 0) is 0 Å². The minimum absolute atomic E-state index is 0.216. The van der Waals surface area contributed by atoms with Gasteiger partial charge in [0.15, 0.2) is 0 Å². The Labute approximate surface area is 239 Å². The highest BCUT2D eigenvalue weighted by Gasteiger charge is 2.81. The van der Waals surface area contributed by atoms with E-state index in [0.29, 0.717) is 20.9 Å². The van der Waals surface area contributed by atoms with Crippen LogP contribution in [0, 0.1) is 23.7 Å². The molecule has 0 aromatic heterocycles. The molecule has 0 unspecified atom stereocenters. The van der Waals surface area contributed by atoms with E-state index in [1.807, 2.05) is 12.1 Å². The molecule has 0 spiro atoms. The maximum Gasteiger partial charge on any atom is 0.380 e. The average Bonchev–Trinajstić information content (AvgIpc) is 3.41. The molecule has 0 atom stereocenters. The molecule has 2 aromatic carbocycles. The molecule has 2 heterocycles. The van der Waals surface area contributed by atoms with Crippen molar-refractivity contribution in [1.29, 1.82) is 0 Å². The predicted molar refractivity (Wildman–Crippen MR) is 160 cm³/mol. The predicted octanol–water partition coefficient (Wildman–Crippen LogP) is 9.00. The van der Waals surface area contributed by atoms with E-state index in [-0.39, 0.29) is 9.81 Å². The monoisotopic (exact) mass is 600 g/mol. The summed E-state index contributed by atoms with van der Waals surface area (Å²) in [6, 6.07) is 17.9. The van der Waals surface area contributed by atoms with Crippen molar-refractivity contribution in [1.82, 2.24) is 0 Å². The summed E-state index contributed by atoms with van der Waals surface area (Å²) in [6.07, 6.45) is 11.9. The van der Waals surface area contributed by atoms with E-state index in [0.717, 1.165) is 0 Å². The number of hydrogen-bond acceptors (Lipinski definition) is 0. The molecule has 2 aliphatic heterocycles. The first-order valence-electron chi connectivity index (χ1n) is 12.5. The van der Waals surface area contributed by atoms with E-state index in [4.69, 9.17) is 0 Å². The van der Waals surface area contributed by atoms with Gasteiger partial charge < -0.3 is 0 Å². The molecule has 0 nitrogen and oxygen atoms in total. The second kappa shape index (κ2) is 9.82. The molecule has 41 heavy (non-hydrogen) atoms. The SMILES string of the molecule is CS1(C)C(C#Cc2ccccc2)=CC=C1C1=C(C2=CC=C(C#Cc3ccccc3)S2(C)C)C(F)(F)C(F)(F)C1(F)F. The first kappa shape index (κ1) is 29.0. The van der Waals surface area contributed by atoms with Crippen molar-refractivity contribution in [3.8, 4) is 23.7 Å². The molecule has 2 aromatic rings. The van der Waals surface area contributed by atoms with Crippen LogP contribution in [0.15, 0.2) is 116 Å². The molecule has 212 valence electrons. The maximum absolute atomic E-state index is 15.6. The van der Waals surface area contributed by atoms with Crippen molar-refractivity contribution in [2.24, 2.45) is 0 Å². The number of hydrogen-bond donors (Lipinski definition) is 0. The molecule has 1 aliphatic carbocycles. The molecule has 8 heteroatoms. The Morgan fingerprint density at radius 3 is 1.17 bits per heavy atom. The molecule has 0 saturated heterocycles. The molecule has 0 fully saturated rings. The van der Waals surface area contributed by atoms with Crippen LogP contribution >= 0.6 is 20.1 Å². The zero-order valence-corrected chi connectivity index (χ0v) is 24.3. The van der Waals surface area contributed by atoms with Gasteiger partial charge in [-0.1, -0.05) is 60.1 Å². The number of benzene rings is 2. The fourth-order valence-electron chi connectivity index (χ4n) is 4.93. The molecule has 0 bridgehead atoms. The minimum atomic E-state index is -5.62. The van der Waals surface area contributed by atoms with Crippen molar-refractivity contribution < 1.29 is 26.3 Å². The van der Waals surface area contributed by atoms with E-state index < -0.39 is 49.0 Å². The van der Waals surface area contributed by atoms with Gasteiger partial charge in [0, 0.05) is 30.7 Å². The largest absolute Gasteiger partial charge is 0.380 e. The second-order valence-electron chi connectivity index (χ2n) is 10.5. The van der Waals surface area contributed by atoms with E-state index in [1.54, 1.807) is 73.6 Å². The summed E-state index contributed by atoms with van der Waals surface area (Å²) in [4.78, 5) is 0.451. The van der Waals surface area contributed by atoms with Crippen LogP contribution in [0.2, 0.25) is 0 Å². The third-order valence-electron chi connectivity index (χ3n) is 7.34. The Morgan fingerprint density at radius 1 is 0.488 bits per heavy atom. The van der Waals surface area contributed by atoms with Gasteiger partial charge >= 0.3 is 17.8 Å². The summed E-state index contributed by atoms with van der Waals surface area (Å²) < 4.78 is 92.7. The fraction of sp³-hybridized carbons (Fsp3) is 0.212. The summed E-state index contributed by atoms with van der Waals surface area (Å²) in [6.45, 7) is 0.